The summed E-state index contributed by atoms with van der Waals surface area (Å²) in [5, 5.41) is 4.98. The van der Waals surface area contributed by atoms with E-state index in [1.807, 2.05) is 24.5 Å². The summed E-state index contributed by atoms with van der Waals surface area (Å²) in [6, 6.07) is 56.8. The first-order valence-corrected chi connectivity index (χ1v) is 19.4. The zero-order valence-electron chi connectivity index (χ0n) is 31.7. The molecule has 1 aliphatic rings. The van der Waals surface area contributed by atoms with Crippen molar-refractivity contribution in [3.8, 4) is 33.4 Å². The van der Waals surface area contributed by atoms with E-state index in [9.17, 15) is 0 Å². The molecule has 0 amide bonds. The molecule has 0 saturated heterocycles. The van der Waals surface area contributed by atoms with Crippen molar-refractivity contribution in [2.45, 2.75) is 26.2 Å². The molecule has 0 aliphatic heterocycles. The third-order valence-corrected chi connectivity index (χ3v) is 11.0. The summed E-state index contributed by atoms with van der Waals surface area (Å²) in [5.74, 6) is 0.195. The van der Waals surface area contributed by atoms with E-state index in [2.05, 4.69) is 190 Å². The molecule has 2 nitrogen and oxygen atoms in total. The maximum absolute atomic E-state index is 4.78. The van der Waals surface area contributed by atoms with Gasteiger partial charge in [-0.1, -0.05) is 133 Å². The lowest BCUT2D eigenvalue weighted by Crippen LogP contribution is -2.04. The van der Waals surface area contributed by atoms with Crippen LogP contribution in [0.5, 0.6) is 0 Å². The molecule has 1 aliphatic carbocycles. The first-order valence-electron chi connectivity index (χ1n) is 19.4. The number of hydrogen-bond acceptors (Lipinski definition) is 2. The molecule has 0 bridgehead atoms. The smallest absolute Gasteiger partial charge is 0.0698 e. The van der Waals surface area contributed by atoms with E-state index in [1.54, 1.807) is 0 Å². The van der Waals surface area contributed by atoms with Gasteiger partial charge >= 0.3 is 0 Å². The molecule has 8 aromatic rings. The fourth-order valence-electron chi connectivity index (χ4n) is 8.32. The Hall–Kier alpha value is -6.90. The lowest BCUT2D eigenvalue weighted by atomic mass is 9.80. The summed E-state index contributed by atoms with van der Waals surface area (Å²) in [6.07, 6.45) is 15.9. The van der Waals surface area contributed by atoms with E-state index >= 15 is 0 Å². The zero-order valence-corrected chi connectivity index (χ0v) is 31.7. The van der Waals surface area contributed by atoms with Crippen molar-refractivity contribution < 1.29 is 0 Å². The zero-order chi connectivity index (χ0) is 37.8. The van der Waals surface area contributed by atoms with Crippen LogP contribution in [0.3, 0.4) is 0 Å². The Labute approximate surface area is 329 Å². The molecule has 6 aromatic carbocycles. The second-order valence-corrected chi connectivity index (χ2v) is 14.5. The Morgan fingerprint density at radius 2 is 1.16 bits per heavy atom. The van der Waals surface area contributed by atoms with E-state index in [4.69, 9.17) is 9.97 Å². The summed E-state index contributed by atoms with van der Waals surface area (Å²) in [4.78, 5) is 9.48. The Balaban J connectivity index is 1.30. The predicted octanol–water partition coefficient (Wildman–Crippen LogP) is 14.4. The first kappa shape index (κ1) is 34.8. The van der Waals surface area contributed by atoms with Crippen LogP contribution in [-0.2, 0) is 0 Å². The van der Waals surface area contributed by atoms with Crippen molar-refractivity contribution in [1.29, 1.82) is 0 Å². The predicted molar refractivity (Wildman–Crippen MR) is 238 cm³/mol. The van der Waals surface area contributed by atoms with Gasteiger partial charge in [-0.3, -0.25) is 9.97 Å². The average molecular weight is 719 g/mol. The van der Waals surface area contributed by atoms with Crippen molar-refractivity contribution in [2.24, 2.45) is 0 Å². The highest BCUT2D eigenvalue weighted by Crippen LogP contribution is 2.45. The Kier molecular flexibility index (Phi) is 9.61. The van der Waals surface area contributed by atoms with Crippen molar-refractivity contribution in [1.82, 2.24) is 9.97 Å². The standard InChI is InChI=1S/C54H42N2/c1-3-38(51-25-12-14-29-55-51)31-37(2)53-47-23-10-11-24-48(47)54(43-22-16-21-42(32-43)52-26-13-15-30-56-52)50-36-41(27-28-49(50)53)46-34-44(39-17-6-4-7-18-39)33-45(35-46)40-19-8-5-9-20-40/h3-31,33-36,42H,32H2,1-2H3/b37-31+,38-3+. The number of hydrogen-bond donors (Lipinski definition) is 0. The van der Waals surface area contributed by atoms with Crippen molar-refractivity contribution in [2.75, 3.05) is 0 Å². The van der Waals surface area contributed by atoms with Crippen LogP contribution in [0.1, 0.15) is 48.7 Å². The third-order valence-electron chi connectivity index (χ3n) is 11.0. The van der Waals surface area contributed by atoms with Crippen LogP contribution in [0.2, 0.25) is 0 Å². The van der Waals surface area contributed by atoms with E-state index in [-0.39, 0.29) is 5.92 Å². The Morgan fingerprint density at radius 1 is 0.554 bits per heavy atom. The monoisotopic (exact) mass is 718 g/mol. The highest BCUT2D eigenvalue weighted by molar-refractivity contribution is 6.17. The Morgan fingerprint density at radius 3 is 1.80 bits per heavy atom. The fourth-order valence-corrected chi connectivity index (χ4v) is 8.32. The highest BCUT2D eigenvalue weighted by atomic mass is 14.7. The molecule has 0 N–H and O–H groups in total. The fraction of sp³-hybridized carbons (Fsp3) is 0.0741. The van der Waals surface area contributed by atoms with Crippen LogP contribution in [0, 0.1) is 0 Å². The van der Waals surface area contributed by atoms with Crippen molar-refractivity contribution >= 4 is 38.3 Å². The van der Waals surface area contributed by atoms with E-state index < -0.39 is 0 Å². The largest absolute Gasteiger partial charge is 0.261 e. The van der Waals surface area contributed by atoms with Gasteiger partial charge in [0, 0.05) is 24.0 Å². The molecule has 0 radical (unpaired) electrons. The number of benzene rings is 6. The summed E-state index contributed by atoms with van der Waals surface area (Å²) in [5.41, 5.74) is 15.4. The number of nitrogens with zero attached hydrogens (tertiary/aromatic N) is 2. The third kappa shape index (κ3) is 6.83. The summed E-state index contributed by atoms with van der Waals surface area (Å²) >= 11 is 0. The van der Waals surface area contributed by atoms with Crippen LogP contribution in [0.4, 0.5) is 0 Å². The van der Waals surface area contributed by atoms with Crippen LogP contribution >= 0.6 is 0 Å². The maximum atomic E-state index is 4.78. The minimum absolute atomic E-state index is 0.195. The first-order chi connectivity index (χ1) is 27.6. The molecule has 2 aromatic heterocycles. The summed E-state index contributed by atoms with van der Waals surface area (Å²) < 4.78 is 0. The minimum atomic E-state index is 0.195. The molecule has 1 atom stereocenters. The van der Waals surface area contributed by atoms with Gasteiger partial charge < -0.3 is 0 Å². The minimum Gasteiger partial charge on any atom is -0.261 e. The quantitative estimate of drug-likeness (QED) is 0.115. The van der Waals surface area contributed by atoms with Gasteiger partial charge in [0.05, 0.1) is 5.69 Å². The number of fused-ring (bicyclic) bond motifs is 2. The number of aromatic nitrogens is 2. The summed E-state index contributed by atoms with van der Waals surface area (Å²) in [6.45, 7) is 4.34. The van der Waals surface area contributed by atoms with Gasteiger partial charge in [-0.25, -0.2) is 0 Å². The second kappa shape index (κ2) is 15.5. The van der Waals surface area contributed by atoms with Gasteiger partial charge in [0.1, 0.15) is 0 Å². The topological polar surface area (TPSA) is 25.8 Å². The summed E-state index contributed by atoms with van der Waals surface area (Å²) in [7, 11) is 0. The molecule has 2 heteroatoms. The second-order valence-electron chi connectivity index (χ2n) is 14.5. The van der Waals surface area contributed by atoms with Gasteiger partial charge in [0.25, 0.3) is 0 Å². The van der Waals surface area contributed by atoms with E-state index in [0.29, 0.717) is 0 Å². The molecule has 0 spiro atoms. The van der Waals surface area contributed by atoms with Gasteiger partial charge in [-0.05, 0) is 158 Å². The van der Waals surface area contributed by atoms with Crippen LogP contribution in [0.25, 0.3) is 71.6 Å². The lowest BCUT2D eigenvalue weighted by molar-refractivity contribution is 0.828. The van der Waals surface area contributed by atoms with Gasteiger partial charge in [-0.15, -0.1) is 0 Å². The number of pyridine rings is 2. The molecule has 9 rings (SSSR count). The Bertz CT molecular complexity index is 2750. The van der Waals surface area contributed by atoms with Gasteiger partial charge in [0.2, 0.25) is 0 Å². The molecular formula is C54H42N2. The molecule has 2 heterocycles. The van der Waals surface area contributed by atoms with Crippen molar-refractivity contribution in [3.05, 3.63) is 223 Å². The van der Waals surface area contributed by atoms with Crippen molar-refractivity contribution in [3.63, 3.8) is 0 Å². The van der Waals surface area contributed by atoms with Crippen LogP contribution < -0.4 is 0 Å². The van der Waals surface area contributed by atoms with E-state index in [1.165, 1.54) is 77.2 Å². The lowest BCUT2D eigenvalue weighted by Gasteiger charge is -2.24. The molecule has 268 valence electrons. The SMILES string of the molecule is C/C=C(\C=C(/C)c1c2ccccc2c(C2=CC=CC(c3ccccn3)C2)c2cc(-c3cc(-c4ccccc4)cc(-c4ccccc4)c3)ccc12)c1ccccn1. The van der Waals surface area contributed by atoms with Crippen LogP contribution in [-0.4, -0.2) is 9.97 Å². The molecule has 56 heavy (non-hydrogen) atoms. The molecular weight excluding hydrogens is 677 g/mol. The van der Waals surface area contributed by atoms with Crippen LogP contribution in [0.15, 0.2) is 200 Å². The molecule has 0 fully saturated rings. The normalized spacial score (nSPS) is 14.6. The maximum Gasteiger partial charge on any atom is 0.0698 e. The number of allylic oxidation sites excluding steroid dienone is 8. The highest BCUT2D eigenvalue weighted by Gasteiger charge is 2.23. The number of rotatable bonds is 8. The molecule has 0 saturated carbocycles. The molecule has 1 unspecified atom stereocenters. The van der Waals surface area contributed by atoms with Gasteiger partial charge in [0.15, 0.2) is 0 Å². The van der Waals surface area contributed by atoms with Gasteiger partial charge in [-0.2, -0.15) is 0 Å². The average Bonchev–Trinajstić information content (AvgIpc) is 3.28. The van der Waals surface area contributed by atoms with E-state index in [0.717, 1.165) is 23.4 Å².